The van der Waals surface area contributed by atoms with Crippen LogP contribution in [0.2, 0.25) is 5.02 Å². The summed E-state index contributed by atoms with van der Waals surface area (Å²) >= 11 is 6.07. The van der Waals surface area contributed by atoms with Gasteiger partial charge in [-0.05, 0) is 61.4 Å². The third-order valence-electron chi connectivity index (χ3n) is 6.27. The maximum absolute atomic E-state index is 13.3. The molecule has 0 bridgehead atoms. The SMILES string of the molecule is CCCN(CCC)S(=O)(=O)N1CCN(S(=O)(=O)c2ccc(Nc3ccnc4cc(Cl)ccc34)cc2)CC1. The van der Waals surface area contributed by atoms with Crippen molar-refractivity contribution >= 4 is 54.1 Å². The normalized spacial score (nSPS) is 15.9. The van der Waals surface area contributed by atoms with Gasteiger partial charge < -0.3 is 5.32 Å². The lowest BCUT2D eigenvalue weighted by molar-refractivity contribution is 0.253. The number of piperazine rings is 1. The molecule has 2 heterocycles. The molecule has 37 heavy (non-hydrogen) atoms. The summed E-state index contributed by atoms with van der Waals surface area (Å²) in [6, 6.07) is 13.9. The zero-order valence-corrected chi connectivity index (χ0v) is 23.4. The number of pyridine rings is 1. The van der Waals surface area contributed by atoms with Crippen LogP contribution in [0.15, 0.2) is 59.6 Å². The first kappa shape index (κ1) is 27.7. The van der Waals surface area contributed by atoms with Crippen LogP contribution in [-0.2, 0) is 20.2 Å². The molecule has 1 fully saturated rings. The molecule has 0 spiro atoms. The maximum Gasteiger partial charge on any atom is 0.282 e. The number of benzene rings is 2. The van der Waals surface area contributed by atoms with Crippen LogP contribution in [0.3, 0.4) is 0 Å². The highest BCUT2D eigenvalue weighted by atomic mass is 35.5. The van der Waals surface area contributed by atoms with E-state index in [0.717, 1.165) is 35.1 Å². The molecule has 1 aliphatic rings. The predicted molar refractivity (Wildman–Crippen MR) is 148 cm³/mol. The minimum atomic E-state index is -3.75. The molecule has 1 aromatic heterocycles. The summed E-state index contributed by atoms with van der Waals surface area (Å²) in [6.45, 7) is 5.28. The van der Waals surface area contributed by atoms with Crippen LogP contribution < -0.4 is 5.32 Å². The molecule has 4 rings (SSSR count). The molecule has 12 heteroatoms. The molecule has 0 amide bonds. The molecule has 1 saturated heterocycles. The van der Waals surface area contributed by atoms with Crippen molar-refractivity contribution in [1.29, 1.82) is 0 Å². The van der Waals surface area contributed by atoms with Crippen LogP contribution in [0.1, 0.15) is 26.7 Å². The number of hydrogen-bond acceptors (Lipinski definition) is 6. The second-order valence-corrected chi connectivity index (χ2v) is 13.2. The molecule has 1 N–H and O–H groups in total. The maximum atomic E-state index is 13.3. The number of aromatic nitrogens is 1. The largest absolute Gasteiger partial charge is 0.355 e. The topological polar surface area (TPSA) is 103 Å². The van der Waals surface area contributed by atoms with E-state index >= 15 is 0 Å². The lowest BCUT2D eigenvalue weighted by atomic mass is 10.2. The van der Waals surface area contributed by atoms with Gasteiger partial charge in [-0.15, -0.1) is 0 Å². The van der Waals surface area contributed by atoms with Crippen molar-refractivity contribution in [2.24, 2.45) is 0 Å². The Hall–Kier alpha value is -2.28. The van der Waals surface area contributed by atoms with Crippen molar-refractivity contribution in [3.63, 3.8) is 0 Å². The zero-order chi connectivity index (χ0) is 26.6. The molecule has 1 aliphatic heterocycles. The molecule has 0 saturated carbocycles. The van der Waals surface area contributed by atoms with Crippen LogP contribution in [0.5, 0.6) is 0 Å². The third-order valence-corrected chi connectivity index (χ3v) is 10.5. The zero-order valence-electron chi connectivity index (χ0n) is 21.0. The summed E-state index contributed by atoms with van der Waals surface area (Å²) in [5.74, 6) is 0. The van der Waals surface area contributed by atoms with Gasteiger partial charge in [0.15, 0.2) is 0 Å². The van der Waals surface area contributed by atoms with Crippen molar-refractivity contribution < 1.29 is 16.8 Å². The van der Waals surface area contributed by atoms with E-state index in [4.69, 9.17) is 11.6 Å². The summed E-state index contributed by atoms with van der Waals surface area (Å²) < 4.78 is 56.9. The average Bonchev–Trinajstić information content (AvgIpc) is 2.89. The van der Waals surface area contributed by atoms with E-state index in [1.165, 1.54) is 12.9 Å². The predicted octanol–water partition coefficient (Wildman–Crippen LogP) is 4.30. The van der Waals surface area contributed by atoms with Gasteiger partial charge in [0.1, 0.15) is 0 Å². The van der Waals surface area contributed by atoms with Crippen molar-refractivity contribution in [2.75, 3.05) is 44.6 Å². The summed E-state index contributed by atoms with van der Waals surface area (Å²) in [5.41, 5.74) is 2.31. The Kier molecular flexibility index (Phi) is 8.72. The van der Waals surface area contributed by atoms with Gasteiger partial charge in [-0.3, -0.25) is 4.98 Å². The molecule has 0 unspecified atom stereocenters. The van der Waals surface area contributed by atoms with Gasteiger partial charge in [-0.2, -0.15) is 21.3 Å². The van der Waals surface area contributed by atoms with E-state index in [1.54, 1.807) is 42.6 Å². The van der Waals surface area contributed by atoms with Gasteiger partial charge in [0.05, 0.1) is 10.4 Å². The monoisotopic (exact) mass is 565 g/mol. The second-order valence-electron chi connectivity index (χ2n) is 8.88. The lowest BCUT2D eigenvalue weighted by Gasteiger charge is -2.36. The van der Waals surface area contributed by atoms with Crippen LogP contribution >= 0.6 is 11.6 Å². The summed E-state index contributed by atoms with van der Waals surface area (Å²) in [4.78, 5) is 4.50. The van der Waals surface area contributed by atoms with Gasteiger partial charge in [0.2, 0.25) is 10.0 Å². The molecular formula is C25H32ClN5O4S2. The van der Waals surface area contributed by atoms with Crippen LogP contribution in [0.25, 0.3) is 10.9 Å². The van der Waals surface area contributed by atoms with E-state index in [2.05, 4.69) is 10.3 Å². The molecule has 200 valence electrons. The number of anilines is 2. The van der Waals surface area contributed by atoms with Crippen LogP contribution in [0.4, 0.5) is 11.4 Å². The summed E-state index contributed by atoms with van der Waals surface area (Å²) in [6.07, 6.45) is 3.14. The highest BCUT2D eigenvalue weighted by Crippen LogP contribution is 2.28. The second kappa shape index (κ2) is 11.6. The fraction of sp³-hybridized carbons (Fsp3) is 0.400. The molecule has 0 radical (unpaired) electrons. The van der Waals surface area contributed by atoms with E-state index in [1.807, 2.05) is 26.0 Å². The molecule has 2 aromatic carbocycles. The highest BCUT2D eigenvalue weighted by molar-refractivity contribution is 7.89. The van der Waals surface area contributed by atoms with E-state index in [9.17, 15) is 16.8 Å². The minimum Gasteiger partial charge on any atom is -0.355 e. The molecule has 3 aromatic rings. The van der Waals surface area contributed by atoms with Crippen LogP contribution in [0, 0.1) is 0 Å². The number of nitrogens with one attached hydrogen (secondary N) is 1. The Morgan fingerprint density at radius 2 is 1.51 bits per heavy atom. The fourth-order valence-corrected chi connectivity index (χ4v) is 7.76. The van der Waals surface area contributed by atoms with Gasteiger partial charge in [-0.1, -0.05) is 25.4 Å². The quantitative estimate of drug-likeness (QED) is 0.393. The Bertz CT molecular complexity index is 1440. The Morgan fingerprint density at radius 3 is 2.14 bits per heavy atom. The number of sulfonamides is 1. The molecule has 0 aliphatic carbocycles. The molecule has 0 atom stereocenters. The van der Waals surface area contributed by atoms with Crippen molar-refractivity contribution in [1.82, 2.24) is 17.9 Å². The van der Waals surface area contributed by atoms with Gasteiger partial charge >= 0.3 is 0 Å². The first-order valence-corrected chi connectivity index (χ1v) is 15.5. The molecular weight excluding hydrogens is 534 g/mol. The first-order valence-electron chi connectivity index (χ1n) is 12.3. The Balaban J connectivity index is 1.44. The molecule has 9 nitrogen and oxygen atoms in total. The van der Waals surface area contributed by atoms with Gasteiger partial charge in [0.25, 0.3) is 10.2 Å². The number of rotatable bonds is 10. The minimum absolute atomic E-state index is 0.110. The fourth-order valence-electron chi connectivity index (χ4n) is 4.39. The Labute approximate surface area is 224 Å². The number of halogens is 1. The average molecular weight is 566 g/mol. The Morgan fingerprint density at radius 1 is 0.892 bits per heavy atom. The standard InChI is InChI=1S/C25H32ClN5O4S2/c1-3-13-30(14-4-2)37(34,35)31-17-15-29(16-18-31)36(32,33)22-8-6-21(7-9-22)28-24-11-12-27-25-19-20(26)5-10-23(24)25/h5-12,19H,3-4,13-18H2,1-2H3,(H,27,28). The van der Waals surface area contributed by atoms with Crippen molar-refractivity contribution in [2.45, 2.75) is 31.6 Å². The highest BCUT2D eigenvalue weighted by Gasteiger charge is 2.35. The smallest absolute Gasteiger partial charge is 0.282 e. The van der Waals surface area contributed by atoms with E-state index < -0.39 is 20.2 Å². The third kappa shape index (κ3) is 6.08. The van der Waals surface area contributed by atoms with Gasteiger partial charge in [0, 0.05) is 67.2 Å². The summed E-state index contributed by atoms with van der Waals surface area (Å²) in [5, 5.41) is 4.81. The number of hydrogen-bond donors (Lipinski definition) is 1. The number of nitrogens with zero attached hydrogens (tertiary/aromatic N) is 4. The van der Waals surface area contributed by atoms with Crippen LogP contribution in [-0.4, -0.2) is 74.0 Å². The number of fused-ring (bicyclic) bond motifs is 1. The van der Waals surface area contributed by atoms with E-state index in [0.29, 0.717) is 18.1 Å². The van der Waals surface area contributed by atoms with E-state index in [-0.39, 0.29) is 31.1 Å². The summed E-state index contributed by atoms with van der Waals surface area (Å²) in [7, 11) is -7.37. The van der Waals surface area contributed by atoms with Gasteiger partial charge in [-0.25, -0.2) is 8.42 Å². The van der Waals surface area contributed by atoms with Crippen molar-refractivity contribution in [3.8, 4) is 0 Å². The van der Waals surface area contributed by atoms with Crippen molar-refractivity contribution in [3.05, 3.63) is 59.8 Å². The first-order chi connectivity index (χ1) is 17.7. The lowest BCUT2D eigenvalue weighted by Crippen LogP contribution is -2.54.